The maximum atomic E-state index is 8.73. The Morgan fingerprint density at radius 2 is 2.00 bits per heavy atom. The van der Waals surface area contributed by atoms with Gasteiger partial charge in [0, 0.05) is 6.54 Å². The summed E-state index contributed by atoms with van der Waals surface area (Å²) < 4.78 is 0. The zero-order chi connectivity index (χ0) is 9.52. The summed E-state index contributed by atoms with van der Waals surface area (Å²) in [4.78, 5) is 0. The third-order valence-corrected chi connectivity index (χ3v) is 1.66. The van der Waals surface area contributed by atoms with E-state index in [-0.39, 0.29) is 0 Å². The molecule has 3 heteroatoms. The van der Waals surface area contributed by atoms with E-state index in [1.807, 2.05) is 24.3 Å². The van der Waals surface area contributed by atoms with E-state index in [0.717, 1.165) is 5.56 Å². The molecule has 0 atom stereocenters. The van der Waals surface area contributed by atoms with Crippen LogP contribution in [-0.4, -0.2) is 6.54 Å². The number of nitriles is 2. The zero-order valence-electron chi connectivity index (χ0n) is 7.12. The quantitative estimate of drug-likeness (QED) is 0.548. The molecule has 1 N–H and O–H groups in total. The summed E-state index contributed by atoms with van der Waals surface area (Å²) in [7, 11) is 0. The van der Waals surface area contributed by atoms with Crippen LogP contribution >= 0.6 is 0 Å². The predicted molar refractivity (Wildman–Crippen MR) is 48.5 cm³/mol. The number of rotatable bonds is 3. The molecule has 3 nitrogen and oxygen atoms in total. The Balaban J connectivity index is 2.67. The van der Waals surface area contributed by atoms with Crippen molar-refractivity contribution in [3.05, 3.63) is 35.4 Å². The van der Waals surface area contributed by atoms with Crippen molar-refractivity contribution in [1.29, 1.82) is 10.5 Å². The summed E-state index contributed by atoms with van der Waals surface area (Å²) in [6, 6.07) is 11.4. The van der Waals surface area contributed by atoms with Gasteiger partial charge < -0.3 is 5.32 Å². The lowest BCUT2D eigenvalue weighted by Crippen LogP contribution is -2.13. The van der Waals surface area contributed by atoms with Crippen LogP contribution in [-0.2, 0) is 6.54 Å². The molecule has 64 valence electrons. The zero-order valence-corrected chi connectivity index (χ0v) is 7.12. The lowest BCUT2D eigenvalue weighted by Gasteiger charge is -2.02. The topological polar surface area (TPSA) is 59.6 Å². The molecule has 0 spiro atoms. The first-order chi connectivity index (χ1) is 6.38. The summed E-state index contributed by atoms with van der Waals surface area (Å²) >= 11 is 0. The number of hydrogen-bond donors (Lipinski definition) is 1. The highest BCUT2D eigenvalue weighted by molar-refractivity contribution is 5.37. The Hall–Kier alpha value is -1.84. The minimum atomic E-state index is 0.305. The maximum Gasteiger partial charge on any atom is 0.0995 e. The van der Waals surface area contributed by atoms with Gasteiger partial charge in [0.25, 0.3) is 0 Å². The molecular formula is C10H9N3. The molecule has 0 fully saturated rings. The van der Waals surface area contributed by atoms with Crippen LogP contribution in [0.4, 0.5) is 0 Å². The van der Waals surface area contributed by atoms with Gasteiger partial charge in [-0.25, -0.2) is 0 Å². The van der Waals surface area contributed by atoms with Crippen molar-refractivity contribution in [2.45, 2.75) is 6.54 Å². The van der Waals surface area contributed by atoms with Gasteiger partial charge in [-0.1, -0.05) is 18.2 Å². The van der Waals surface area contributed by atoms with Crippen molar-refractivity contribution >= 4 is 0 Å². The minimum absolute atomic E-state index is 0.305. The molecule has 0 aliphatic carbocycles. The maximum absolute atomic E-state index is 8.73. The van der Waals surface area contributed by atoms with Gasteiger partial charge >= 0.3 is 0 Å². The summed E-state index contributed by atoms with van der Waals surface area (Å²) in [5.74, 6) is 0. The third kappa shape index (κ3) is 2.59. The normalized spacial score (nSPS) is 8.77. The van der Waals surface area contributed by atoms with Crippen molar-refractivity contribution < 1.29 is 0 Å². The number of nitrogens with one attached hydrogen (secondary N) is 1. The minimum Gasteiger partial charge on any atom is -0.300 e. The van der Waals surface area contributed by atoms with Gasteiger partial charge in [0.2, 0.25) is 0 Å². The molecule has 13 heavy (non-hydrogen) atoms. The van der Waals surface area contributed by atoms with Gasteiger partial charge in [-0.3, -0.25) is 0 Å². The van der Waals surface area contributed by atoms with Crippen LogP contribution in [0.3, 0.4) is 0 Å². The highest BCUT2D eigenvalue weighted by Crippen LogP contribution is 2.05. The van der Waals surface area contributed by atoms with E-state index in [1.165, 1.54) is 0 Å². The lowest BCUT2D eigenvalue weighted by atomic mass is 10.1. The predicted octanol–water partition coefficient (Wildman–Crippen LogP) is 1.17. The fourth-order valence-electron chi connectivity index (χ4n) is 1.04. The standard InChI is InChI=1S/C10H9N3/c11-5-6-13-8-10-4-2-1-3-9(10)7-12/h1-4,13H,6,8H2. The molecule has 0 saturated carbocycles. The van der Waals surface area contributed by atoms with E-state index in [1.54, 1.807) is 6.07 Å². The highest BCUT2D eigenvalue weighted by atomic mass is 14.8. The highest BCUT2D eigenvalue weighted by Gasteiger charge is 1.98. The second-order valence-electron chi connectivity index (χ2n) is 2.53. The van der Waals surface area contributed by atoms with Gasteiger partial charge in [0.1, 0.15) is 0 Å². The van der Waals surface area contributed by atoms with Crippen molar-refractivity contribution in [2.75, 3.05) is 6.54 Å². The summed E-state index contributed by atoms with van der Waals surface area (Å²) in [5, 5.41) is 19.9. The molecule has 1 aromatic rings. The summed E-state index contributed by atoms with van der Waals surface area (Å²) in [6.45, 7) is 0.872. The van der Waals surface area contributed by atoms with E-state index in [4.69, 9.17) is 10.5 Å². The van der Waals surface area contributed by atoms with E-state index in [2.05, 4.69) is 11.4 Å². The number of hydrogen-bond acceptors (Lipinski definition) is 3. The van der Waals surface area contributed by atoms with E-state index in [0.29, 0.717) is 18.7 Å². The molecule has 0 unspecified atom stereocenters. The Morgan fingerprint density at radius 3 is 2.69 bits per heavy atom. The molecular weight excluding hydrogens is 162 g/mol. The van der Waals surface area contributed by atoms with Crippen LogP contribution in [0.25, 0.3) is 0 Å². The third-order valence-electron chi connectivity index (χ3n) is 1.66. The van der Waals surface area contributed by atoms with E-state index in [9.17, 15) is 0 Å². The molecule has 0 saturated heterocycles. The fourth-order valence-corrected chi connectivity index (χ4v) is 1.04. The Bertz CT molecular complexity index is 357. The van der Waals surface area contributed by atoms with Crippen molar-refractivity contribution in [1.82, 2.24) is 5.32 Å². The fraction of sp³-hybridized carbons (Fsp3) is 0.200. The van der Waals surface area contributed by atoms with Crippen LogP contribution in [0.5, 0.6) is 0 Å². The van der Waals surface area contributed by atoms with Gasteiger partial charge in [0.15, 0.2) is 0 Å². The number of benzene rings is 1. The Labute approximate surface area is 77.2 Å². The van der Waals surface area contributed by atoms with Crippen LogP contribution in [0.15, 0.2) is 24.3 Å². The van der Waals surface area contributed by atoms with Crippen molar-refractivity contribution in [3.8, 4) is 12.1 Å². The largest absolute Gasteiger partial charge is 0.300 e. The second kappa shape index (κ2) is 4.92. The summed E-state index contributed by atoms with van der Waals surface area (Å²) in [5.41, 5.74) is 1.59. The van der Waals surface area contributed by atoms with E-state index >= 15 is 0 Å². The van der Waals surface area contributed by atoms with Crippen LogP contribution < -0.4 is 5.32 Å². The molecule has 0 aliphatic rings. The lowest BCUT2D eigenvalue weighted by molar-refractivity contribution is 0.764. The monoisotopic (exact) mass is 171 g/mol. The van der Waals surface area contributed by atoms with Gasteiger partial charge in [-0.05, 0) is 11.6 Å². The van der Waals surface area contributed by atoms with Crippen molar-refractivity contribution in [3.63, 3.8) is 0 Å². The van der Waals surface area contributed by atoms with Crippen LogP contribution in [0.1, 0.15) is 11.1 Å². The van der Waals surface area contributed by atoms with Gasteiger partial charge in [0.05, 0.1) is 24.2 Å². The molecule has 1 rings (SSSR count). The summed E-state index contributed by atoms with van der Waals surface area (Å²) in [6.07, 6.45) is 0. The Morgan fingerprint density at radius 1 is 1.23 bits per heavy atom. The molecule has 0 aromatic heterocycles. The first-order valence-electron chi connectivity index (χ1n) is 3.94. The molecule has 0 aliphatic heterocycles. The second-order valence-corrected chi connectivity index (χ2v) is 2.53. The number of nitrogens with zero attached hydrogens (tertiary/aromatic N) is 2. The molecule has 0 amide bonds. The smallest absolute Gasteiger partial charge is 0.0995 e. The molecule has 1 aromatic carbocycles. The average Bonchev–Trinajstić information content (AvgIpc) is 2.19. The first-order valence-corrected chi connectivity index (χ1v) is 3.94. The SMILES string of the molecule is N#CCNCc1ccccc1C#N. The van der Waals surface area contributed by atoms with Crippen molar-refractivity contribution in [2.24, 2.45) is 0 Å². The van der Waals surface area contributed by atoms with Crippen LogP contribution in [0.2, 0.25) is 0 Å². The molecule has 0 heterocycles. The first kappa shape index (κ1) is 9.25. The molecule has 0 bridgehead atoms. The molecule has 0 radical (unpaired) electrons. The van der Waals surface area contributed by atoms with Crippen LogP contribution in [0, 0.1) is 22.7 Å². The average molecular weight is 171 g/mol. The van der Waals surface area contributed by atoms with Gasteiger partial charge in [-0.15, -0.1) is 0 Å². The Kier molecular flexibility index (Phi) is 3.50. The van der Waals surface area contributed by atoms with E-state index < -0.39 is 0 Å². The van der Waals surface area contributed by atoms with Gasteiger partial charge in [-0.2, -0.15) is 10.5 Å².